The lowest BCUT2D eigenvalue weighted by Crippen LogP contribution is -1.96. The van der Waals surface area contributed by atoms with Crippen molar-refractivity contribution >= 4 is 0 Å². The molecule has 68 valence electrons. The van der Waals surface area contributed by atoms with Crippen molar-refractivity contribution in [1.29, 1.82) is 0 Å². The van der Waals surface area contributed by atoms with Gasteiger partial charge in [-0.3, -0.25) is 0 Å². The van der Waals surface area contributed by atoms with Crippen molar-refractivity contribution in [2.75, 3.05) is 6.61 Å². The third kappa shape index (κ3) is 3.12. The molecule has 0 unspecified atom stereocenters. The molecule has 0 aliphatic rings. The summed E-state index contributed by atoms with van der Waals surface area (Å²) in [6.07, 6.45) is 5.39. The van der Waals surface area contributed by atoms with Crippen LogP contribution in [-0.4, -0.2) is 6.61 Å². The third-order valence-electron chi connectivity index (χ3n) is 1.35. The largest absolute Gasteiger partial charge is 0.492 e. The zero-order valence-electron chi connectivity index (χ0n) is 6.89. The zero-order chi connectivity index (χ0) is 9.68. The molecule has 0 aliphatic heterocycles. The Labute approximate surface area is 75.3 Å². The lowest BCUT2D eigenvalue weighted by molar-refractivity contribution is 0.323. The highest BCUT2D eigenvalue weighted by Gasteiger charge is 2.00. The molecule has 0 heterocycles. The predicted octanol–water partition coefficient (Wildman–Crippen LogP) is 2.37. The van der Waals surface area contributed by atoms with Gasteiger partial charge in [0.15, 0.2) is 0 Å². The molecule has 0 N–H and O–H groups in total. The quantitative estimate of drug-likeness (QED) is 0.515. The van der Waals surface area contributed by atoms with Crippen LogP contribution in [0.2, 0.25) is 0 Å². The number of rotatable bonds is 3. The molecule has 0 amide bonds. The number of hydrogen-bond donors (Lipinski definition) is 0. The van der Waals surface area contributed by atoms with Crippen molar-refractivity contribution in [1.82, 2.24) is 0 Å². The second-order valence-electron chi connectivity index (χ2n) is 2.41. The van der Waals surface area contributed by atoms with E-state index in [1.807, 2.05) is 0 Å². The lowest BCUT2D eigenvalue weighted by atomic mass is 10.3. The maximum Gasteiger partial charge on any atom is 0.129 e. The first-order valence-corrected chi connectivity index (χ1v) is 3.75. The third-order valence-corrected chi connectivity index (χ3v) is 1.35. The lowest BCUT2D eigenvalue weighted by Gasteiger charge is -2.03. The summed E-state index contributed by atoms with van der Waals surface area (Å²) < 4.78 is 30.1. The molecule has 0 atom stereocenters. The van der Waals surface area contributed by atoms with Gasteiger partial charge in [0, 0.05) is 24.6 Å². The molecule has 0 radical (unpaired) electrons. The molecule has 0 bridgehead atoms. The smallest absolute Gasteiger partial charge is 0.129 e. The Balaban J connectivity index is 2.62. The maximum absolute atomic E-state index is 12.6. The van der Waals surface area contributed by atoms with E-state index in [1.165, 1.54) is 0 Å². The standard InChI is InChI=1S/C10H8F2O/c1-2-3-4-13-10-6-8(11)5-9(12)7-10/h1,5-7H,3-4H2. The van der Waals surface area contributed by atoms with Crippen LogP contribution in [0.25, 0.3) is 0 Å². The van der Waals surface area contributed by atoms with Gasteiger partial charge in [-0.15, -0.1) is 12.3 Å². The minimum absolute atomic E-state index is 0.160. The van der Waals surface area contributed by atoms with Gasteiger partial charge in [-0.2, -0.15) is 0 Å². The van der Waals surface area contributed by atoms with Crippen LogP contribution >= 0.6 is 0 Å². The molecular formula is C10H8F2O. The Kier molecular flexibility index (Phi) is 3.27. The molecule has 1 rings (SSSR count). The molecule has 0 saturated heterocycles. The van der Waals surface area contributed by atoms with E-state index in [0.717, 1.165) is 18.2 Å². The molecule has 1 nitrogen and oxygen atoms in total. The van der Waals surface area contributed by atoms with Crippen LogP contribution in [0.15, 0.2) is 18.2 Å². The van der Waals surface area contributed by atoms with Crippen LogP contribution in [0.1, 0.15) is 6.42 Å². The molecule has 1 aromatic carbocycles. The van der Waals surface area contributed by atoms with Gasteiger partial charge >= 0.3 is 0 Å². The minimum Gasteiger partial charge on any atom is -0.492 e. The van der Waals surface area contributed by atoms with Gasteiger partial charge in [0.05, 0.1) is 6.61 Å². The molecule has 0 aliphatic carbocycles. The van der Waals surface area contributed by atoms with Crippen LogP contribution in [0.5, 0.6) is 5.75 Å². The summed E-state index contributed by atoms with van der Waals surface area (Å²) in [6.45, 7) is 0.263. The summed E-state index contributed by atoms with van der Waals surface area (Å²) in [7, 11) is 0. The van der Waals surface area contributed by atoms with E-state index in [0.29, 0.717) is 6.42 Å². The number of ether oxygens (including phenoxy) is 1. The van der Waals surface area contributed by atoms with Gasteiger partial charge in [0.2, 0.25) is 0 Å². The Morgan fingerprint density at radius 3 is 2.38 bits per heavy atom. The Morgan fingerprint density at radius 2 is 1.85 bits per heavy atom. The van der Waals surface area contributed by atoms with Gasteiger partial charge in [0.1, 0.15) is 17.4 Å². The van der Waals surface area contributed by atoms with Crippen LogP contribution in [0.4, 0.5) is 8.78 Å². The second kappa shape index (κ2) is 4.46. The fourth-order valence-electron chi connectivity index (χ4n) is 0.840. The maximum atomic E-state index is 12.6. The average Bonchev–Trinajstić information content (AvgIpc) is 2.03. The molecule has 0 aromatic heterocycles. The summed E-state index contributed by atoms with van der Waals surface area (Å²) in [5.74, 6) is 1.20. The molecular weight excluding hydrogens is 174 g/mol. The van der Waals surface area contributed by atoms with Gasteiger partial charge in [0.25, 0.3) is 0 Å². The van der Waals surface area contributed by atoms with Crippen molar-refractivity contribution in [2.45, 2.75) is 6.42 Å². The molecule has 1 aromatic rings. The first-order chi connectivity index (χ1) is 6.22. The normalized spacial score (nSPS) is 9.31. The summed E-state index contributed by atoms with van der Waals surface area (Å²) >= 11 is 0. The Bertz CT molecular complexity index is 308. The Morgan fingerprint density at radius 1 is 1.23 bits per heavy atom. The topological polar surface area (TPSA) is 9.23 Å². The SMILES string of the molecule is C#CCCOc1cc(F)cc(F)c1. The van der Waals surface area contributed by atoms with Crippen LogP contribution in [-0.2, 0) is 0 Å². The molecule has 0 spiro atoms. The van der Waals surface area contributed by atoms with E-state index in [2.05, 4.69) is 5.92 Å². The van der Waals surface area contributed by atoms with E-state index in [-0.39, 0.29) is 12.4 Å². The number of halogens is 2. The molecule has 13 heavy (non-hydrogen) atoms. The summed E-state index contributed by atoms with van der Waals surface area (Å²) in [6, 6.07) is 3.01. The van der Waals surface area contributed by atoms with Crippen molar-refractivity contribution in [3.8, 4) is 18.1 Å². The van der Waals surface area contributed by atoms with Crippen molar-refractivity contribution < 1.29 is 13.5 Å². The van der Waals surface area contributed by atoms with Gasteiger partial charge in [-0.25, -0.2) is 8.78 Å². The summed E-state index contributed by atoms with van der Waals surface area (Å²) in [5.41, 5.74) is 0. The first-order valence-electron chi connectivity index (χ1n) is 3.75. The van der Waals surface area contributed by atoms with Crippen LogP contribution in [0, 0.1) is 24.0 Å². The monoisotopic (exact) mass is 182 g/mol. The van der Waals surface area contributed by atoms with Gasteiger partial charge in [-0.1, -0.05) is 0 Å². The van der Waals surface area contributed by atoms with Crippen LogP contribution < -0.4 is 4.74 Å². The van der Waals surface area contributed by atoms with E-state index in [9.17, 15) is 8.78 Å². The number of hydrogen-bond acceptors (Lipinski definition) is 1. The van der Waals surface area contributed by atoms with E-state index >= 15 is 0 Å². The molecule has 0 fully saturated rings. The van der Waals surface area contributed by atoms with Crippen molar-refractivity contribution in [3.05, 3.63) is 29.8 Å². The summed E-state index contributed by atoms with van der Waals surface area (Å²) in [4.78, 5) is 0. The minimum atomic E-state index is -0.657. The van der Waals surface area contributed by atoms with Crippen LogP contribution in [0.3, 0.4) is 0 Å². The van der Waals surface area contributed by atoms with E-state index in [1.54, 1.807) is 0 Å². The van der Waals surface area contributed by atoms with Gasteiger partial charge in [-0.05, 0) is 0 Å². The highest BCUT2D eigenvalue weighted by atomic mass is 19.1. The summed E-state index contributed by atoms with van der Waals surface area (Å²) in [5, 5.41) is 0. The highest BCUT2D eigenvalue weighted by molar-refractivity contribution is 5.23. The number of terminal acetylenes is 1. The highest BCUT2D eigenvalue weighted by Crippen LogP contribution is 2.15. The predicted molar refractivity (Wildman–Crippen MR) is 45.3 cm³/mol. The number of benzene rings is 1. The van der Waals surface area contributed by atoms with Crippen molar-refractivity contribution in [2.24, 2.45) is 0 Å². The second-order valence-corrected chi connectivity index (χ2v) is 2.41. The Hall–Kier alpha value is -1.56. The first kappa shape index (κ1) is 9.53. The average molecular weight is 182 g/mol. The molecule has 3 heteroatoms. The zero-order valence-corrected chi connectivity index (χ0v) is 6.89. The van der Waals surface area contributed by atoms with E-state index < -0.39 is 11.6 Å². The van der Waals surface area contributed by atoms with E-state index in [4.69, 9.17) is 11.2 Å². The van der Waals surface area contributed by atoms with Crippen molar-refractivity contribution in [3.63, 3.8) is 0 Å². The van der Waals surface area contributed by atoms with Gasteiger partial charge < -0.3 is 4.74 Å². The molecule has 0 saturated carbocycles. The fraction of sp³-hybridized carbons (Fsp3) is 0.200. The fourth-order valence-corrected chi connectivity index (χ4v) is 0.840.